The number of guanidine groups is 1. The summed E-state index contributed by atoms with van der Waals surface area (Å²) in [6, 6.07) is 2.95. The SMILES string of the molecule is CCC(=O)O.NC(N)=NCCCC(NC(=O)CN1CCN(CC(=O)O)CCN(CC(=O)O)CCN(CC(=O)O)CC1)C(=O)NCC(=O)N[C@@H](CC(=O)O)C(=O)NCc1ccc(C(=O)NCC(=O)N2CCCC2B(O)O)cc1. The molecule has 6 amide bonds. The molecule has 3 atom stereocenters. The minimum atomic E-state index is -1.70. The van der Waals surface area contributed by atoms with Crippen molar-refractivity contribution in [2.75, 3.05) is 105 Å². The molecule has 0 spiro atoms. The number of carbonyl (C=O) groups is 11. The van der Waals surface area contributed by atoms with Crippen molar-refractivity contribution in [3.05, 3.63) is 35.4 Å². The number of aliphatic carboxylic acids is 5. The lowest BCUT2D eigenvalue weighted by Gasteiger charge is -2.33. The minimum absolute atomic E-state index is 0.0344. The van der Waals surface area contributed by atoms with Gasteiger partial charge in [0.25, 0.3) is 5.91 Å². The van der Waals surface area contributed by atoms with E-state index in [9.17, 15) is 83.2 Å². The molecule has 1 aromatic rings. The lowest BCUT2D eigenvalue weighted by Crippen LogP contribution is -2.54. The average molecular weight is 1090 g/mol. The van der Waals surface area contributed by atoms with Gasteiger partial charge in [-0.1, -0.05) is 19.1 Å². The summed E-state index contributed by atoms with van der Waals surface area (Å²) in [5, 5.41) is 77.0. The molecule has 0 bridgehead atoms. The number of nitrogens with one attached hydrogen (secondary N) is 5. The van der Waals surface area contributed by atoms with Gasteiger partial charge in [-0.2, -0.15) is 0 Å². The molecule has 3 rings (SSSR count). The third kappa shape index (κ3) is 27.7. The average Bonchev–Trinajstić information content (AvgIpc) is 3.86. The fourth-order valence-electron chi connectivity index (χ4n) is 7.78. The molecule has 2 unspecified atom stereocenters. The van der Waals surface area contributed by atoms with Gasteiger partial charge < -0.3 is 78.5 Å². The molecule has 1 aromatic carbocycles. The van der Waals surface area contributed by atoms with Gasteiger partial charge >= 0.3 is 37.0 Å². The molecule has 0 aliphatic carbocycles. The monoisotopic (exact) mass is 1090 g/mol. The van der Waals surface area contributed by atoms with Gasteiger partial charge in [0.2, 0.25) is 29.5 Å². The van der Waals surface area contributed by atoms with E-state index in [4.69, 9.17) is 16.6 Å². The van der Waals surface area contributed by atoms with Crippen LogP contribution in [0.4, 0.5) is 0 Å². The Bertz CT molecular complexity index is 2170. The molecule has 77 heavy (non-hydrogen) atoms. The van der Waals surface area contributed by atoms with Gasteiger partial charge in [0.05, 0.1) is 51.6 Å². The van der Waals surface area contributed by atoms with Crippen LogP contribution in [0.3, 0.4) is 0 Å². The quantitative estimate of drug-likeness (QED) is 0.0169. The van der Waals surface area contributed by atoms with Crippen molar-refractivity contribution in [2.24, 2.45) is 16.5 Å². The van der Waals surface area contributed by atoms with Crippen molar-refractivity contribution in [1.29, 1.82) is 0 Å². The van der Waals surface area contributed by atoms with Crippen LogP contribution >= 0.6 is 0 Å². The summed E-state index contributed by atoms with van der Waals surface area (Å²) in [4.78, 5) is 146. The number of aliphatic imine (C=N–C) groups is 1. The van der Waals surface area contributed by atoms with Crippen molar-refractivity contribution >= 4 is 78.4 Å². The Morgan fingerprint density at radius 3 is 1.56 bits per heavy atom. The fourth-order valence-corrected chi connectivity index (χ4v) is 7.78. The lowest BCUT2D eigenvalue weighted by molar-refractivity contribution is -0.141. The number of nitrogens with zero attached hydrogens (tertiary/aromatic N) is 6. The normalized spacial score (nSPS) is 16.5. The van der Waals surface area contributed by atoms with Gasteiger partial charge in [0.15, 0.2) is 5.96 Å². The van der Waals surface area contributed by atoms with E-state index in [2.05, 4.69) is 31.6 Å². The van der Waals surface area contributed by atoms with E-state index in [1.54, 1.807) is 26.5 Å². The van der Waals surface area contributed by atoms with Gasteiger partial charge in [-0.3, -0.25) is 77.3 Å². The van der Waals surface area contributed by atoms with Crippen molar-refractivity contribution in [1.82, 2.24) is 51.1 Å². The third-order valence-electron chi connectivity index (χ3n) is 11.8. The third-order valence-corrected chi connectivity index (χ3v) is 11.8. The topological polar surface area (TPSA) is 470 Å². The van der Waals surface area contributed by atoms with E-state index >= 15 is 0 Å². The molecule has 2 aliphatic rings. The number of nitrogens with two attached hydrogens (primary N) is 2. The Balaban J connectivity index is 0.00000386. The molecule has 0 radical (unpaired) electrons. The van der Waals surface area contributed by atoms with E-state index < -0.39 is 103 Å². The highest BCUT2D eigenvalue weighted by Gasteiger charge is 2.37. The number of amides is 6. The molecular formula is C45H72BN13O18. The molecule has 0 aromatic heterocycles. The molecular weight excluding hydrogens is 1020 g/mol. The van der Waals surface area contributed by atoms with Gasteiger partial charge in [-0.15, -0.1) is 0 Å². The van der Waals surface area contributed by atoms with E-state index in [0.717, 1.165) is 0 Å². The molecule has 31 nitrogen and oxygen atoms in total. The Morgan fingerprint density at radius 2 is 1.10 bits per heavy atom. The molecule has 2 heterocycles. The van der Waals surface area contributed by atoms with Crippen LogP contribution in [0.1, 0.15) is 61.4 Å². The van der Waals surface area contributed by atoms with Crippen molar-refractivity contribution in [2.45, 2.75) is 70.0 Å². The number of rotatable bonds is 27. The minimum Gasteiger partial charge on any atom is -0.481 e. The Kier molecular flexibility index (Phi) is 29.8. The summed E-state index contributed by atoms with van der Waals surface area (Å²) in [6.07, 6.45) is 0.523. The molecule has 32 heteroatoms. The number of hydrogen-bond acceptors (Lipinski definition) is 18. The predicted octanol–water partition coefficient (Wildman–Crippen LogP) is -6.39. The second-order valence-electron chi connectivity index (χ2n) is 17.8. The van der Waals surface area contributed by atoms with E-state index in [1.165, 1.54) is 29.2 Å². The molecule has 0 saturated carbocycles. The maximum absolute atomic E-state index is 13.6. The second-order valence-corrected chi connectivity index (χ2v) is 17.8. The predicted molar refractivity (Wildman–Crippen MR) is 271 cm³/mol. The number of hydrogen-bond donors (Lipinski definition) is 14. The summed E-state index contributed by atoms with van der Waals surface area (Å²) in [5.41, 5.74) is 11.5. The number of likely N-dealkylation sites (tertiary alicyclic amines) is 1. The van der Waals surface area contributed by atoms with E-state index in [0.29, 0.717) is 24.9 Å². The largest absolute Gasteiger partial charge is 0.481 e. The first kappa shape index (κ1) is 65.6. The van der Waals surface area contributed by atoms with Crippen LogP contribution in [0.5, 0.6) is 0 Å². The van der Waals surface area contributed by atoms with Crippen LogP contribution < -0.4 is 38.1 Å². The van der Waals surface area contributed by atoms with Gasteiger partial charge in [-0.05, 0) is 43.4 Å². The van der Waals surface area contributed by atoms with Crippen LogP contribution in [0, 0.1) is 0 Å². The van der Waals surface area contributed by atoms with Crippen LogP contribution in [0.15, 0.2) is 29.3 Å². The molecule has 2 fully saturated rings. The van der Waals surface area contributed by atoms with Crippen LogP contribution in [0.2, 0.25) is 0 Å². The number of carbonyl (C=O) groups excluding carboxylic acids is 6. The zero-order valence-electron chi connectivity index (χ0n) is 42.8. The molecule has 2 aliphatic heterocycles. The summed E-state index contributed by atoms with van der Waals surface area (Å²) in [5.74, 6) is -11.0. The van der Waals surface area contributed by atoms with Crippen LogP contribution in [-0.4, -0.2) is 261 Å². The fraction of sp³-hybridized carbons (Fsp3) is 0.600. The number of benzene rings is 1. The number of carboxylic acids is 5. The van der Waals surface area contributed by atoms with Crippen molar-refractivity contribution < 1.29 is 88.3 Å². The van der Waals surface area contributed by atoms with E-state index in [-0.39, 0.29) is 129 Å². The lowest BCUT2D eigenvalue weighted by atomic mass is 9.78. The van der Waals surface area contributed by atoms with Crippen molar-refractivity contribution in [3.63, 3.8) is 0 Å². The highest BCUT2D eigenvalue weighted by molar-refractivity contribution is 6.43. The standard InChI is InChI=1S/C42H66BN13O16.C3H6O2/c44-42(45)46-9-1-3-29(50-33(58)23-52-11-13-53(24-36(62)63)15-17-55(26-38(66)67)18-16-54(14-12-52)25-37(64)65)40(69)48-21-32(57)51-30(19-35(60)61)41(70)47-20-27-5-7-28(8-6-27)39(68)49-22-34(59)56-10-2-4-31(56)43(71)72;1-2-3(4)5/h5-8,29-31,71-72H,1-4,9-26H2,(H,47,70)(H,48,69)(H,49,68)(H,50,58)(H,51,57)(H,60,61)(H,62,63)(H,64,65)(H,66,67)(H4,44,45,46);2H2,1H3,(H,4,5)/t29?,30-,31?;/m0./s1. The summed E-state index contributed by atoms with van der Waals surface area (Å²) in [7, 11) is -1.70. The molecule has 16 N–H and O–H groups in total. The maximum atomic E-state index is 13.6. The molecule has 2 saturated heterocycles. The first-order valence-electron chi connectivity index (χ1n) is 24.6. The Labute approximate surface area is 443 Å². The van der Waals surface area contributed by atoms with Gasteiger partial charge in [0.1, 0.15) is 12.1 Å². The maximum Gasteiger partial charge on any atom is 0.475 e. The van der Waals surface area contributed by atoms with Crippen LogP contribution in [0.25, 0.3) is 0 Å². The Morgan fingerprint density at radius 1 is 0.623 bits per heavy atom. The highest BCUT2D eigenvalue weighted by Crippen LogP contribution is 2.18. The van der Waals surface area contributed by atoms with Gasteiger partial charge in [0, 0.05) is 84.0 Å². The summed E-state index contributed by atoms with van der Waals surface area (Å²) < 4.78 is 0. The number of carboxylic acid groups (broad SMARTS) is 5. The molecule has 428 valence electrons. The first-order chi connectivity index (χ1) is 36.4. The highest BCUT2D eigenvalue weighted by atomic mass is 16.4. The van der Waals surface area contributed by atoms with Gasteiger partial charge in [-0.25, -0.2) is 0 Å². The first-order valence-corrected chi connectivity index (χ1v) is 24.6. The second kappa shape index (κ2) is 34.9. The summed E-state index contributed by atoms with van der Waals surface area (Å²) >= 11 is 0. The zero-order chi connectivity index (χ0) is 57.6. The smallest absolute Gasteiger partial charge is 0.475 e. The van der Waals surface area contributed by atoms with Crippen LogP contribution in [-0.2, 0) is 54.5 Å². The van der Waals surface area contributed by atoms with Crippen molar-refractivity contribution in [3.8, 4) is 0 Å². The summed E-state index contributed by atoms with van der Waals surface area (Å²) in [6.45, 7) is 0.350. The Hall–Kier alpha value is -7.52. The van der Waals surface area contributed by atoms with E-state index in [1.807, 2.05) is 0 Å². The zero-order valence-corrected chi connectivity index (χ0v) is 42.8.